The van der Waals surface area contributed by atoms with E-state index in [2.05, 4.69) is 34.3 Å². The van der Waals surface area contributed by atoms with E-state index < -0.39 is 0 Å². The molecule has 4 aromatic rings. The number of H-pyrrole nitrogens is 1. The molecule has 0 saturated heterocycles. The Morgan fingerprint density at radius 3 is 2.64 bits per heavy atom. The number of hydrogen-bond donors (Lipinski definition) is 2. The van der Waals surface area contributed by atoms with Crippen molar-refractivity contribution in [3.05, 3.63) is 83.2 Å². The number of hydrogen-bond acceptors (Lipinski definition) is 4. The van der Waals surface area contributed by atoms with Crippen LogP contribution >= 0.6 is 0 Å². The van der Waals surface area contributed by atoms with Crippen molar-refractivity contribution >= 4 is 34.2 Å². The molecule has 3 aromatic carbocycles. The highest BCUT2D eigenvalue weighted by atomic mass is 16.5. The Kier molecular flexibility index (Phi) is 6.71. The van der Waals surface area contributed by atoms with Gasteiger partial charge < -0.3 is 19.9 Å². The standard InChI is InChI=1S/C29H30N4O3/c1-19-5-12-23-24(16-19)32-27(31-23)14-9-21-7-10-22(11-8-21)30-28(34)4-3-15-33-25-17-20(2)6-13-26(25)36-18-29(33)35/h5-8,10-13,16-17H,3-4,9,14-15,18H2,1-2H3,(H,30,34)(H,31,32). The Morgan fingerprint density at radius 2 is 1.81 bits per heavy atom. The van der Waals surface area contributed by atoms with Crippen LogP contribution in [0.25, 0.3) is 11.0 Å². The lowest BCUT2D eigenvalue weighted by Crippen LogP contribution is -2.39. The van der Waals surface area contributed by atoms with Gasteiger partial charge in [-0.05, 0) is 79.8 Å². The predicted octanol–water partition coefficient (Wildman–Crippen LogP) is 5.11. The molecule has 0 atom stereocenters. The Labute approximate surface area is 210 Å². The molecule has 184 valence electrons. The van der Waals surface area contributed by atoms with E-state index in [4.69, 9.17) is 4.74 Å². The molecular weight excluding hydrogens is 452 g/mol. The van der Waals surface area contributed by atoms with Crippen molar-refractivity contribution in [2.24, 2.45) is 0 Å². The van der Waals surface area contributed by atoms with E-state index in [0.29, 0.717) is 25.1 Å². The first-order valence-electron chi connectivity index (χ1n) is 12.3. The fourth-order valence-electron chi connectivity index (χ4n) is 4.49. The molecule has 36 heavy (non-hydrogen) atoms. The highest BCUT2D eigenvalue weighted by molar-refractivity contribution is 5.98. The zero-order valence-corrected chi connectivity index (χ0v) is 20.6. The van der Waals surface area contributed by atoms with Crippen molar-refractivity contribution < 1.29 is 14.3 Å². The van der Waals surface area contributed by atoms with E-state index >= 15 is 0 Å². The maximum absolute atomic E-state index is 12.5. The lowest BCUT2D eigenvalue weighted by molar-refractivity contribution is -0.121. The molecule has 2 heterocycles. The number of fused-ring (bicyclic) bond motifs is 2. The fraction of sp³-hybridized carbons (Fsp3) is 0.276. The lowest BCUT2D eigenvalue weighted by atomic mass is 10.1. The van der Waals surface area contributed by atoms with Crippen LogP contribution in [0.1, 0.15) is 35.4 Å². The normalized spacial score (nSPS) is 12.9. The Bertz CT molecular complexity index is 1410. The summed E-state index contributed by atoms with van der Waals surface area (Å²) >= 11 is 0. The van der Waals surface area contributed by atoms with Crippen LogP contribution in [0.3, 0.4) is 0 Å². The molecule has 0 unspecified atom stereocenters. The van der Waals surface area contributed by atoms with Crippen LogP contribution in [-0.2, 0) is 22.4 Å². The smallest absolute Gasteiger partial charge is 0.265 e. The fourth-order valence-corrected chi connectivity index (χ4v) is 4.49. The monoisotopic (exact) mass is 482 g/mol. The number of aromatic amines is 1. The van der Waals surface area contributed by atoms with E-state index in [9.17, 15) is 9.59 Å². The zero-order chi connectivity index (χ0) is 25.1. The van der Waals surface area contributed by atoms with Crippen LogP contribution in [0.4, 0.5) is 11.4 Å². The number of carbonyl (C=O) groups is 2. The number of benzene rings is 3. The van der Waals surface area contributed by atoms with Gasteiger partial charge in [0.1, 0.15) is 11.6 Å². The molecule has 1 aliphatic rings. The average Bonchev–Trinajstić information content (AvgIpc) is 3.27. The number of imidazole rings is 1. The van der Waals surface area contributed by atoms with Crippen molar-refractivity contribution in [3.8, 4) is 5.75 Å². The topological polar surface area (TPSA) is 87.3 Å². The van der Waals surface area contributed by atoms with Gasteiger partial charge in [0.25, 0.3) is 5.91 Å². The molecule has 2 N–H and O–H groups in total. The van der Waals surface area contributed by atoms with E-state index in [1.165, 1.54) is 11.1 Å². The summed E-state index contributed by atoms with van der Waals surface area (Å²) in [5.41, 5.74) is 7.07. The summed E-state index contributed by atoms with van der Waals surface area (Å²) in [6.45, 7) is 4.57. The third-order valence-electron chi connectivity index (χ3n) is 6.42. The number of rotatable bonds is 8. The summed E-state index contributed by atoms with van der Waals surface area (Å²) < 4.78 is 5.52. The van der Waals surface area contributed by atoms with Crippen LogP contribution in [0.2, 0.25) is 0 Å². The SMILES string of the molecule is Cc1ccc2c(c1)N(CCCC(=O)Nc1ccc(CCc3nc4ccc(C)cc4[nH]3)cc1)C(=O)CO2. The third-order valence-corrected chi connectivity index (χ3v) is 6.42. The molecule has 0 bridgehead atoms. The van der Waals surface area contributed by atoms with Gasteiger partial charge in [0.15, 0.2) is 6.61 Å². The molecule has 0 saturated carbocycles. The Balaban J connectivity index is 1.10. The molecule has 5 rings (SSSR count). The number of amides is 2. The Morgan fingerprint density at radius 1 is 1.03 bits per heavy atom. The second kappa shape index (κ2) is 10.2. The van der Waals surface area contributed by atoms with Crippen molar-refractivity contribution in [2.75, 3.05) is 23.4 Å². The first kappa shape index (κ1) is 23.6. The minimum absolute atomic E-state index is 0.0324. The van der Waals surface area contributed by atoms with E-state index in [-0.39, 0.29) is 18.4 Å². The van der Waals surface area contributed by atoms with Gasteiger partial charge in [-0.1, -0.05) is 24.3 Å². The molecule has 7 heteroatoms. The van der Waals surface area contributed by atoms with Gasteiger partial charge in [-0.3, -0.25) is 9.59 Å². The number of nitrogens with one attached hydrogen (secondary N) is 2. The van der Waals surface area contributed by atoms with Crippen LogP contribution in [0.5, 0.6) is 5.75 Å². The molecule has 2 amide bonds. The van der Waals surface area contributed by atoms with Crippen molar-refractivity contribution in [1.29, 1.82) is 0 Å². The minimum atomic E-state index is -0.0816. The molecule has 0 radical (unpaired) electrons. The average molecular weight is 483 g/mol. The van der Waals surface area contributed by atoms with Gasteiger partial charge >= 0.3 is 0 Å². The van der Waals surface area contributed by atoms with Crippen molar-refractivity contribution in [1.82, 2.24) is 9.97 Å². The first-order chi connectivity index (χ1) is 17.4. The molecule has 0 spiro atoms. The van der Waals surface area contributed by atoms with Gasteiger partial charge in [-0.15, -0.1) is 0 Å². The van der Waals surface area contributed by atoms with Gasteiger partial charge in [-0.2, -0.15) is 0 Å². The van der Waals surface area contributed by atoms with Gasteiger partial charge in [0.05, 0.1) is 16.7 Å². The van der Waals surface area contributed by atoms with Crippen LogP contribution in [-0.4, -0.2) is 34.9 Å². The van der Waals surface area contributed by atoms with Gasteiger partial charge in [-0.25, -0.2) is 4.98 Å². The van der Waals surface area contributed by atoms with Crippen LogP contribution < -0.4 is 15.0 Å². The quantitative estimate of drug-likeness (QED) is 0.365. The number of carbonyl (C=O) groups excluding carboxylic acids is 2. The summed E-state index contributed by atoms with van der Waals surface area (Å²) in [6.07, 6.45) is 2.59. The Hall–Kier alpha value is -4.13. The largest absolute Gasteiger partial charge is 0.482 e. The lowest BCUT2D eigenvalue weighted by Gasteiger charge is -2.29. The first-order valence-corrected chi connectivity index (χ1v) is 12.3. The molecular formula is C29H30N4O3. The number of ether oxygens (including phenoxy) is 1. The number of anilines is 2. The molecule has 7 nitrogen and oxygen atoms in total. The number of aryl methyl sites for hydroxylation is 4. The van der Waals surface area contributed by atoms with Crippen LogP contribution in [0, 0.1) is 13.8 Å². The number of aromatic nitrogens is 2. The molecule has 1 aromatic heterocycles. The van der Waals surface area contributed by atoms with Gasteiger partial charge in [0.2, 0.25) is 5.91 Å². The summed E-state index contributed by atoms with van der Waals surface area (Å²) in [6, 6.07) is 20.0. The van der Waals surface area contributed by atoms with Crippen LogP contribution in [0.15, 0.2) is 60.7 Å². The maximum Gasteiger partial charge on any atom is 0.265 e. The predicted molar refractivity (Wildman–Crippen MR) is 142 cm³/mol. The van der Waals surface area contributed by atoms with Crippen molar-refractivity contribution in [3.63, 3.8) is 0 Å². The highest BCUT2D eigenvalue weighted by Gasteiger charge is 2.25. The third kappa shape index (κ3) is 5.40. The summed E-state index contributed by atoms with van der Waals surface area (Å²) in [5.74, 6) is 1.54. The van der Waals surface area contributed by atoms with E-state index in [1.54, 1.807) is 4.90 Å². The second-order valence-electron chi connectivity index (χ2n) is 9.36. The van der Waals surface area contributed by atoms with E-state index in [1.807, 2.05) is 55.5 Å². The summed E-state index contributed by atoms with van der Waals surface area (Å²) in [7, 11) is 0. The van der Waals surface area contributed by atoms with Crippen molar-refractivity contribution in [2.45, 2.75) is 39.5 Å². The minimum Gasteiger partial charge on any atom is -0.482 e. The second-order valence-corrected chi connectivity index (χ2v) is 9.36. The van der Waals surface area contributed by atoms with Gasteiger partial charge in [0, 0.05) is 25.1 Å². The summed E-state index contributed by atoms with van der Waals surface area (Å²) in [5, 5.41) is 2.96. The highest BCUT2D eigenvalue weighted by Crippen LogP contribution is 2.33. The zero-order valence-electron chi connectivity index (χ0n) is 20.6. The molecule has 1 aliphatic heterocycles. The summed E-state index contributed by atoms with van der Waals surface area (Å²) in [4.78, 5) is 34.6. The van der Waals surface area contributed by atoms with E-state index in [0.717, 1.165) is 46.6 Å². The maximum atomic E-state index is 12.5. The molecule has 0 aliphatic carbocycles. The molecule has 0 fully saturated rings. The number of nitrogens with zero attached hydrogens (tertiary/aromatic N) is 2.